The molecule has 136 valence electrons. The predicted molar refractivity (Wildman–Crippen MR) is 93.5 cm³/mol. The van der Waals surface area contributed by atoms with E-state index in [-0.39, 0.29) is 11.2 Å². The van der Waals surface area contributed by atoms with Crippen LogP contribution in [0.4, 0.5) is 0 Å². The molecule has 0 radical (unpaired) electrons. The van der Waals surface area contributed by atoms with Crippen molar-refractivity contribution < 1.29 is 14.3 Å². The van der Waals surface area contributed by atoms with E-state index in [1.54, 1.807) is 14.2 Å². The van der Waals surface area contributed by atoms with Gasteiger partial charge in [-0.1, -0.05) is 13.8 Å². The molecular weight excluding hydrogens is 300 g/mol. The Labute approximate surface area is 146 Å². The van der Waals surface area contributed by atoms with Crippen LogP contribution >= 0.6 is 0 Å². The molecule has 0 heterocycles. The molecule has 0 amide bonds. The third-order valence-corrected chi connectivity index (χ3v) is 9.07. The van der Waals surface area contributed by atoms with Crippen molar-refractivity contribution in [3.63, 3.8) is 0 Å². The molecule has 4 aliphatic rings. The first-order valence-corrected chi connectivity index (χ1v) is 10.0. The fourth-order valence-electron chi connectivity index (χ4n) is 7.51. The van der Waals surface area contributed by atoms with E-state index in [9.17, 15) is 4.79 Å². The third kappa shape index (κ3) is 2.13. The van der Waals surface area contributed by atoms with Crippen LogP contribution in [0.15, 0.2) is 0 Å². The fraction of sp³-hybridized carbons (Fsp3) is 0.952. The van der Waals surface area contributed by atoms with Crippen molar-refractivity contribution in [2.75, 3.05) is 14.2 Å². The molecule has 0 aromatic heterocycles. The van der Waals surface area contributed by atoms with Crippen LogP contribution in [0.3, 0.4) is 0 Å². The highest BCUT2D eigenvalue weighted by Crippen LogP contribution is 2.67. The summed E-state index contributed by atoms with van der Waals surface area (Å²) in [5.41, 5.74) is 0.417. The van der Waals surface area contributed by atoms with Gasteiger partial charge in [0.05, 0.1) is 0 Å². The van der Waals surface area contributed by atoms with Gasteiger partial charge in [0, 0.05) is 38.9 Å². The van der Waals surface area contributed by atoms with Crippen LogP contribution in [0.25, 0.3) is 0 Å². The monoisotopic (exact) mass is 334 g/mol. The molecule has 6 atom stereocenters. The molecule has 4 rings (SSSR count). The first kappa shape index (κ1) is 17.0. The van der Waals surface area contributed by atoms with E-state index in [2.05, 4.69) is 13.8 Å². The summed E-state index contributed by atoms with van der Waals surface area (Å²) >= 11 is 0. The van der Waals surface area contributed by atoms with Gasteiger partial charge < -0.3 is 9.47 Å². The van der Waals surface area contributed by atoms with Gasteiger partial charge in [-0.15, -0.1) is 0 Å². The summed E-state index contributed by atoms with van der Waals surface area (Å²) in [6.07, 6.45) is 10.2. The van der Waals surface area contributed by atoms with E-state index in [4.69, 9.17) is 9.47 Å². The minimum Gasteiger partial charge on any atom is -0.353 e. The van der Waals surface area contributed by atoms with E-state index >= 15 is 0 Å². The maximum absolute atomic E-state index is 12.5. The summed E-state index contributed by atoms with van der Waals surface area (Å²) in [5.74, 6) is 3.11. The Bertz CT molecular complexity index is 525. The van der Waals surface area contributed by atoms with Crippen LogP contribution in [-0.4, -0.2) is 25.8 Å². The molecule has 0 aliphatic heterocycles. The average molecular weight is 335 g/mol. The number of fused-ring (bicyclic) bond motifs is 5. The maximum atomic E-state index is 12.5. The van der Waals surface area contributed by atoms with Crippen LogP contribution in [0.5, 0.6) is 0 Å². The lowest BCUT2D eigenvalue weighted by Gasteiger charge is -2.61. The van der Waals surface area contributed by atoms with Crippen molar-refractivity contribution in [2.45, 2.75) is 77.4 Å². The molecule has 0 bridgehead atoms. The average Bonchev–Trinajstić information content (AvgIpc) is 2.90. The molecular formula is C21H34O3. The molecule has 0 aromatic carbocycles. The lowest BCUT2D eigenvalue weighted by Crippen LogP contribution is -2.56. The van der Waals surface area contributed by atoms with Gasteiger partial charge in [0.25, 0.3) is 0 Å². The molecule has 3 nitrogen and oxygen atoms in total. The first-order valence-electron chi connectivity index (χ1n) is 10.0. The van der Waals surface area contributed by atoms with Gasteiger partial charge in [-0.25, -0.2) is 0 Å². The van der Waals surface area contributed by atoms with Crippen molar-refractivity contribution in [1.82, 2.24) is 0 Å². The molecule has 0 spiro atoms. The Kier molecular flexibility index (Phi) is 3.93. The molecule has 0 N–H and O–H groups in total. The molecule has 4 aliphatic carbocycles. The second-order valence-electron chi connectivity index (χ2n) is 9.60. The normalized spacial score (nSPS) is 50.1. The lowest BCUT2D eigenvalue weighted by molar-refractivity contribution is -0.254. The number of carbonyl (C=O) groups is 1. The summed E-state index contributed by atoms with van der Waals surface area (Å²) in [5, 5.41) is 0. The van der Waals surface area contributed by atoms with E-state index in [1.807, 2.05) is 0 Å². The van der Waals surface area contributed by atoms with Crippen molar-refractivity contribution >= 4 is 5.78 Å². The molecule has 0 saturated heterocycles. The number of rotatable bonds is 2. The van der Waals surface area contributed by atoms with Crippen LogP contribution in [-0.2, 0) is 14.3 Å². The zero-order valence-corrected chi connectivity index (χ0v) is 15.9. The predicted octanol–water partition coefficient (Wildman–Crippen LogP) is 4.59. The molecule has 0 aromatic rings. The summed E-state index contributed by atoms with van der Waals surface area (Å²) in [6, 6.07) is 0. The highest BCUT2D eigenvalue weighted by atomic mass is 16.7. The number of methoxy groups -OCH3 is 2. The standard InChI is InChI=1S/C21H34O3/c1-19-11-12-20(2)17(7-8-18(20)22)16(19)6-5-14-13-21(23-3,24-4)10-9-15(14)19/h14-17H,5-13H2,1-4H3/t14-,15+,16+,17+,19-,20+/m1/s1. The summed E-state index contributed by atoms with van der Waals surface area (Å²) in [7, 11) is 3.60. The highest BCUT2D eigenvalue weighted by molar-refractivity contribution is 5.87. The summed E-state index contributed by atoms with van der Waals surface area (Å²) in [4.78, 5) is 12.5. The van der Waals surface area contributed by atoms with E-state index in [0.29, 0.717) is 17.1 Å². The van der Waals surface area contributed by atoms with Crippen molar-refractivity contribution in [3.8, 4) is 0 Å². The minimum atomic E-state index is -0.350. The number of ether oxygens (including phenoxy) is 2. The van der Waals surface area contributed by atoms with Gasteiger partial charge in [-0.3, -0.25) is 4.79 Å². The van der Waals surface area contributed by atoms with Gasteiger partial charge >= 0.3 is 0 Å². The zero-order valence-electron chi connectivity index (χ0n) is 15.9. The van der Waals surface area contributed by atoms with Crippen LogP contribution in [0, 0.1) is 34.5 Å². The lowest BCUT2D eigenvalue weighted by atomic mass is 9.44. The minimum absolute atomic E-state index is 0.00546. The van der Waals surface area contributed by atoms with Gasteiger partial charge in [-0.2, -0.15) is 0 Å². The van der Waals surface area contributed by atoms with Crippen molar-refractivity contribution in [1.29, 1.82) is 0 Å². The maximum Gasteiger partial charge on any atom is 0.167 e. The van der Waals surface area contributed by atoms with Gasteiger partial charge in [0.15, 0.2) is 5.79 Å². The third-order valence-electron chi connectivity index (χ3n) is 9.07. The Morgan fingerprint density at radius 3 is 2.33 bits per heavy atom. The number of Topliss-reactive ketones (excluding diaryl/α,β-unsaturated/α-hetero) is 1. The highest BCUT2D eigenvalue weighted by Gasteiger charge is 2.62. The van der Waals surface area contributed by atoms with Crippen molar-refractivity contribution in [3.05, 3.63) is 0 Å². The summed E-state index contributed by atoms with van der Waals surface area (Å²) in [6.45, 7) is 4.84. The van der Waals surface area contributed by atoms with Gasteiger partial charge in [0.2, 0.25) is 0 Å². The zero-order chi connectivity index (χ0) is 17.2. The topological polar surface area (TPSA) is 35.5 Å². The smallest absolute Gasteiger partial charge is 0.167 e. The quantitative estimate of drug-likeness (QED) is 0.693. The Morgan fingerprint density at radius 2 is 1.62 bits per heavy atom. The van der Waals surface area contributed by atoms with Gasteiger partial charge in [0.1, 0.15) is 5.78 Å². The number of hydrogen-bond acceptors (Lipinski definition) is 3. The largest absolute Gasteiger partial charge is 0.353 e. The fourth-order valence-corrected chi connectivity index (χ4v) is 7.51. The van der Waals surface area contributed by atoms with Crippen LogP contribution < -0.4 is 0 Å². The Balaban J connectivity index is 1.60. The number of hydrogen-bond donors (Lipinski definition) is 0. The molecule has 3 heteroatoms. The second kappa shape index (κ2) is 5.54. The molecule has 24 heavy (non-hydrogen) atoms. The van der Waals surface area contributed by atoms with Gasteiger partial charge in [-0.05, 0) is 67.6 Å². The number of ketones is 1. The first-order chi connectivity index (χ1) is 11.4. The Hall–Kier alpha value is -0.410. The summed E-state index contributed by atoms with van der Waals surface area (Å²) < 4.78 is 11.6. The van der Waals surface area contributed by atoms with E-state index in [0.717, 1.165) is 49.9 Å². The van der Waals surface area contributed by atoms with E-state index in [1.165, 1.54) is 25.7 Å². The van der Waals surface area contributed by atoms with Crippen LogP contribution in [0.1, 0.15) is 71.6 Å². The second-order valence-corrected chi connectivity index (χ2v) is 9.60. The van der Waals surface area contributed by atoms with E-state index < -0.39 is 0 Å². The molecule has 0 unspecified atom stereocenters. The SMILES string of the molecule is COC1(OC)CC[C@H]2[C@H](CC[C@H]3[C@@H]4CCC(=O)[C@@]4(C)CC[C@]23C)C1. The molecule has 4 saturated carbocycles. The van der Waals surface area contributed by atoms with Crippen molar-refractivity contribution in [2.24, 2.45) is 34.5 Å². The molecule has 4 fully saturated rings. The van der Waals surface area contributed by atoms with Crippen LogP contribution in [0.2, 0.25) is 0 Å². The number of carbonyl (C=O) groups excluding carboxylic acids is 1. The Morgan fingerprint density at radius 1 is 0.875 bits per heavy atom.